The Bertz CT molecular complexity index is 1080. The van der Waals surface area contributed by atoms with Crippen LogP contribution >= 0.6 is 0 Å². The Labute approximate surface area is 156 Å². The van der Waals surface area contributed by atoms with E-state index in [1.54, 1.807) is 35.2 Å². The molecule has 4 rings (SSSR count). The van der Waals surface area contributed by atoms with E-state index < -0.39 is 5.82 Å². The summed E-state index contributed by atoms with van der Waals surface area (Å²) in [4.78, 5) is 19.2. The molecule has 0 spiro atoms. The van der Waals surface area contributed by atoms with Crippen LogP contribution in [0, 0.1) is 5.82 Å². The molecule has 1 aliphatic rings. The molecule has 0 radical (unpaired) electrons. The van der Waals surface area contributed by atoms with Crippen LogP contribution in [0.1, 0.15) is 29.9 Å². The summed E-state index contributed by atoms with van der Waals surface area (Å²) >= 11 is 0. The summed E-state index contributed by atoms with van der Waals surface area (Å²) in [7, 11) is 1.50. The summed E-state index contributed by atoms with van der Waals surface area (Å²) in [6.07, 6.45) is 0. The molecule has 0 saturated heterocycles. The Morgan fingerprint density at radius 1 is 1.19 bits per heavy atom. The standard InChI is InChI=1S/C21H20FN3O2/c1-11(2)25-10-15-18(21(25)26)19(23)13-7-4-6-12(20(13)24-15)17-14(22)8-5-9-16(17)27-3/h4-9,11H,10H2,1-3H3,(H2,23,24). The second-order valence-electron chi connectivity index (χ2n) is 6.89. The quantitative estimate of drug-likeness (QED) is 0.762. The van der Waals surface area contributed by atoms with Crippen molar-refractivity contribution in [1.29, 1.82) is 0 Å². The van der Waals surface area contributed by atoms with Gasteiger partial charge in [0.1, 0.15) is 11.6 Å². The molecule has 2 heterocycles. The van der Waals surface area contributed by atoms with E-state index in [4.69, 9.17) is 15.5 Å². The predicted octanol–water partition coefficient (Wildman–Crippen LogP) is 4.00. The molecule has 1 aromatic heterocycles. The second kappa shape index (κ2) is 6.23. The molecular formula is C21H20FN3O2. The molecule has 6 heteroatoms. The van der Waals surface area contributed by atoms with Gasteiger partial charge in [-0.05, 0) is 26.0 Å². The zero-order valence-corrected chi connectivity index (χ0v) is 15.4. The highest BCUT2D eigenvalue weighted by Gasteiger charge is 2.33. The van der Waals surface area contributed by atoms with E-state index in [0.717, 1.165) is 0 Å². The van der Waals surface area contributed by atoms with Gasteiger partial charge >= 0.3 is 0 Å². The van der Waals surface area contributed by atoms with Gasteiger partial charge in [0.2, 0.25) is 0 Å². The summed E-state index contributed by atoms with van der Waals surface area (Å²) in [6, 6.07) is 10.1. The number of nitrogen functional groups attached to an aromatic ring is 1. The van der Waals surface area contributed by atoms with Gasteiger partial charge in [-0.3, -0.25) is 4.79 Å². The number of nitrogens with two attached hydrogens (primary N) is 1. The molecule has 0 saturated carbocycles. The number of methoxy groups -OCH3 is 1. The number of aromatic nitrogens is 1. The molecule has 0 aliphatic carbocycles. The van der Waals surface area contributed by atoms with E-state index in [0.29, 0.717) is 51.3 Å². The van der Waals surface area contributed by atoms with E-state index >= 15 is 0 Å². The number of anilines is 1. The normalized spacial score (nSPS) is 13.5. The van der Waals surface area contributed by atoms with Gasteiger partial charge in [0.15, 0.2) is 0 Å². The number of ether oxygens (including phenoxy) is 1. The number of carbonyl (C=O) groups excluding carboxylic acids is 1. The summed E-state index contributed by atoms with van der Waals surface area (Å²) in [5, 5.41) is 0.635. The van der Waals surface area contributed by atoms with Crippen LogP contribution in [-0.2, 0) is 6.54 Å². The van der Waals surface area contributed by atoms with Crippen molar-refractivity contribution >= 4 is 22.5 Å². The lowest BCUT2D eigenvalue weighted by molar-refractivity contribution is 0.0731. The Morgan fingerprint density at radius 2 is 1.93 bits per heavy atom. The van der Waals surface area contributed by atoms with Gasteiger partial charge in [-0.1, -0.05) is 24.3 Å². The van der Waals surface area contributed by atoms with Crippen LogP contribution in [-0.4, -0.2) is 28.9 Å². The first-order valence-electron chi connectivity index (χ1n) is 8.79. The zero-order chi connectivity index (χ0) is 19.3. The first kappa shape index (κ1) is 17.3. The molecule has 0 unspecified atom stereocenters. The minimum atomic E-state index is -0.400. The predicted molar refractivity (Wildman–Crippen MR) is 103 cm³/mol. The number of amides is 1. The SMILES string of the molecule is COc1cccc(F)c1-c1cccc2c(N)c3c(nc12)CN(C(C)C)C3=O. The van der Waals surface area contributed by atoms with Gasteiger partial charge < -0.3 is 15.4 Å². The fourth-order valence-corrected chi connectivity index (χ4v) is 3.65. The number of fused-ring (bicyclic) bond motifs is 2. The van der Waals surface area contributed by atoms with Crippen molar-refractivity contribution in [2.45, 2.75) is 26.4 Å². The number of halogens is 1. The third kappa shape index (κ3) is 2.51. The number of hydrogen-bond donors (Lipinski definition) is 1. The van der Waals surface area contributed by atoms with Gasteiger partial charge in [-0.2, -0.15) is 0 Å². The highest BCUT2D eigenvalue weighted by molar-refractivity contribution is 6.11. The number of carbonyl (C=O) groups is 1. The first-order valence-corrected chi connectivity index (χ1v) is 8.79. The third-order valence-electron chi connectivity index (χ3n) is 5.01. The number of para-hydroxylation sites is 1. The molecule has 2 N–H and O–H groups in total. The van der Waals surface area contributed by atoms with Crippen molar-refractivity contribution in [1.82, 2.24) is 9.88 Å². The number of benzene rings is 2. The van der Waals surface area contributed by atoms with Gasteiger partial charge in [-0.15, -0.1) is 0 Å². The molecule has 5 nitrogen and oxygen atoms in total. The summed E-state index contributed by atoms with van der Waals surface area (Å²) < 4.78 is 20.0. The fourth-order valence-electron chi connectivity index (χ4n) is 3.65. The minimum Gasteiger partial charge on any atom is -0.496 e. The fraction of sp³-hybridized carbons (Fsp3) is 0.238. The first-order chi connectivity index (χ1) is 12.9. The van der Waals surface area contributed by atoms with Gasteiger partial charge in [-0.25, -0.2) is 9.37 Å². The van der Waals surface area contributed by atoms with Crippen molar-refractivity contribution in [3.63, 3.8) is 0 Å². The molecule has 3 aromatic rings. The van der Waals surface area contributed by atoms with Gasteiger partial charge in [0.05, 0.1) is 41.7 Å². The van der Waals surface area contributed by atoms with Crippen LogP contribution in [0.2, 0.25) is 0 Å². The van der Waals surface area contributed by atoms with Crippen molar-refractivity contribution in [2.75, 3.05) is 12.8 Å². The lowest BCUT2D eigenvalue weighted by Gasteiger charge is -2.19. The molecule has 2 aromatic carbocycles. The molecule has 138 valence electrons. The molecule has 1 aliphatic heterocycles. The van der Waals surface area contributed by atoms with E-state index in [-0.39, 0.29) is 11.9 Å². The van der Waals surface area contributed by atoms with Gasteiger partial charge in [0.25, 0.3) is 5.91 Å². The van der Waals surface area contributed by atoms with Crippen LogP contribution in [0.3, 0.4) is 0 Å². The molecule has 1 amide bonds. The minimum absolute atomic E-state index is 0.0420. The molecule has 0 atom stereocenters. The maximum atomic E-state index is 14.7. The van der Waals surface area contributed by atoms with E-state index in [9.17, 15) is 9.18 Å². The van der Waals surface area contributed by atoms with Crippen LogP contribution in [0.25, 0.3) is 22.0 Å². The lowest BCUT2D eigenvalue weighted by atomic mass is 9.98. The highest BCUT2D eigenvalue weighted by atomic mass is 19.1. The smallest absolute Gasteiger partial charge is 0.258 e. The van der Waals surface area contributed by atoms with E-state index in [2.05, 4.69) is 0 Å². The van der Waals surface area contributed by atoms with Crippen LogP contribution in [0.15, 0.2) is 36.4 Å². The number of nitrogens with zero attached hydrogens (tertiary/aromatic N) is 2. The van der Waals surface area contributed by atoms with Crippen molar-refractivity contribution in [3.05, 3.63) is 53.5 Å². The van der Waals surface area contributed by atoms with Crippen LogP contribution < -0.4 is 10.5 Å². The number of pyridine rings is 1. The maximum absolute atomic E-state index is 14.7. The third-order valence-corrected chi connectivity index (χ3v) is 5.01. The topological polar surface area (TPSA) is 68.5 Å². The Balaban J connectivity index is 2.02. The number of rotatable bonds is 3. The van der Waals surface area contributed by atoms with Crippen LogP contribution in [0.4, 0.5) is 10.1 Å². The summed E-state index contributed by atoms with van der Waals surface area (Å²) in [6.45, 7) is 4.30. The average molecular weight is 365 g/mol. The maximum Gasteiger partial charge on any atom is 0.258 e. The van der Waals surface area contributed by atoms with Crippen molar-refractivity contribution in [3.8, 4) is 16.9 Å². The van der Waals surface area contributed by atoms with Gasteiger partial charge in [0, 0.05) is 17.0 Å². The average Bonchev–Trinajstić information content (AvgIpc) is 2.98. The van der Waals surface area contributed by atoms with Crippen molar-refractivity contribution < 1.29 is 13.9 Å². The van der Waals surface area contributed by atoms with E-state index in [1.165, 1.54) is 13.2 Å². The van der Waals surface area contributed by atoms with Crippen molar-refractivity contribution in [2.24, 2.45) is 0 Å². The second-order valence-corrected chi connectivity index (χ2v) is 6.89. The molecule has 27 heavy (non-hydrogen) atoms. The highest BCUT2D eigenvalue weighted by Crippen LogP contribution is 2.40. The molecule has 0 bridgehead atoms. The molecular weight excluding hydrogens is 345 g/mol. The zero-order valence-electron chi connectivity index (χ0n) is 15.4. The Morgan fingerprint density at radius 3 is 2.63 bits per heavy atom. The van der Waals surface area contributed by atoms with E-state index in [1.807, 2.05) is 13.8 Å². The Hall–Kier alpha value is -3.15. The van der Waals surface area contributed by atoms with Crippen LogP contribution in [0.5, 0.6) is 5.75 Å². The summed E-state index contributed by atoms with van der Waals surface area (Å²) in [5.74, 6) is -0.0911. The molecule has 0 fully saturated rings. The monoisotopic (exact) mass is 365 g/mol. The largest absolute Gasteiger partial charge is 0.496 e. The number of hydrogen-bond acceptors (Lipinski definition) is 4. The summed E-state index contributed by atoms with van der Waals surface area (Å²) in [5.41, 5.74) is 9.33. The Kier molecular flexibility index (Phi) is 3.98. The lowest BCUT2D eigenvalue weighted by Crippen LogP contribution is -2.31.